The number of hydrogen-bond donors (Lipinski definition) is 3. The molecule has 0 aliphatic carbocycles. The van der Waals surface area contributed by atoms with E-state index in [9.17, 15) is 23.7 Å². The van der Waals surface area contributed by atoms with Gasteiger partial charge in [0.05, 0.1) is 29.1 Å². The summed E-state index contributed by atoms with van der Waals surface area (Å²) in [6.45, 7) is -0.587. The Morgan fingerprint density at radius 3 is 2.41 bits per heavy atom. The third kappa shape index (κ3) is 7.02. The Morgan fingerprint density at radius 1 is 1.10 bits per heavy atom. The maximum Gasteiger partial charge on any atom is 0.171 e. The Bertz CT molecular complexity index is 1450. The standard InChI is InChI=1S/C30H31IO7S/c1-37-27-16-20(15-25(31)30(27)34)14-22(21-8-4-2-5-9-21)12-13-26(33)29-23(19-39(35,36)28(29)17-32)18-38-24-10-6-3-7-11-24/h2-11,14-16,26,28,32-34H,12-13,17-19H2,1H3/b22-14-/t26-,28+/m1/s1. The molecule has 0 saturated heterocycles. The molecule has 7 nitrogen and oxygen atoms in total. The van der Waals surface area contributed by atoms with E-state index in [1.807, 2.05) is 83.3 Å². The van der Waals surface area contributed by atoms with Gasteiger partial charge in [-0.15, -0.1) is 0 Å². The summed E-state index contributed by atoms with van der Waals surface area (Å²) >= 11 is 2.04. The Labute approximate surface area is 242 Å². The molecule has 0 saturated carbocycles. The average molecular weight is 663 g/mol. The maximum atomic E-state index is 12.8. The highest BCUT2D eigenvalue weighted by molar-refractivity contribution is 14.1. The van der Waals surface area contributed by atoms with Crippen LogP contribution in [0.4, 0.5) is 0 Å². The van der Waals surface area contributed by atoms with Crippen LogP contribution in [0.3, 0.4) is 0 Å². The second kappa shape index (κ2) is 13.0. The van der Waals surface area contributed by atoms with Crippen LogP contribution in [0, 0.1) is 3.57 Å². The smallest absolute Gasteiger partial charge is 0.171 e. The average Bonchev–Trinajstić information content (AvgIpc) is 3.21. The van der Waals surface area contributed by atoms with Gasteiger partial charge in [0.15, 0.2) is 21.3 Å². The summed E-state index contributed by atoms with van der Waals surface area (Å²) < 4.78 is 37.4. The molecule has 39 heavy (non-hydrogen) atoms. The van der Waals surface area contributed by atoms with E-state index < -0.39 is 27.8 Å². The van der Waals surface area contributed by atoms with E-state index in [0.717, 1.165) is 16.7 Å². The number of methoxy groups -OCH3 is 1. The fourth-order valence-corrected chi connectivity index (χ4v) is 7.26. The Kier molecular flexibility index (Phi) is 9.71. The lowest BCUT2D eigenvalue weighted by molar-refractivity contribution is 0.188. The molecule has 3 aromatic rings. The second-order valence-electron chi connectivity index (χ2n) is 9.28. The first-order valence-corrected chi connectivity index (χ1v) is 15.3. The Hall–Kier alpha value is -2.86. The fraction of sp³-hybridized carbons (Fsp3) is 0.267. The summed E-state index contributed by atoms with van der Waals surface area (Å²) in [6.07, 6.45) is 1.55. The van der Waals surface area contributed by atoms with Gasteiger partial charge in [-0.05, 0) is 87.5 Å². The SMILES string of the molecule is COc1cc(/C=C(/CC[C@@H](O)C2=C(COc3ccccc3)CS(=O)(=O)[C@H]2CO)c2ccccc2)cc(I)c1O. The van der Waals surface area contributed by atoms with Crippen molar-refractivity contribution in [3.05, 3.63) is 98.6 Å². The number of aliphatic hydroxyl groups excluding tert-OH is 2. The first kappa shape index (κ1) is 29.1. The molecule has 3 aromatic carbocycles. The molecule has 0 fully saturated rings. The largest absolute Gasteiger partial charge is 0.504 e. The van der Waals surface area contributed by atoms with Gasteiger partial charge >= 0.3 is 0 Å². The van der Waals surface area contributed by atoms with E-state index in [0.29, 0.717) is 32.6 Å². The number of para-hydroxylation sites is 1. The van der Waals surface area contributed by atoms with Gasteiger partial charge in [-0.25, -0.2) is 8.42 Å². The predicted octanol–water partition coefficient (Wildman–Crippen LogP) is 4.85. The first-order chi connectivity index (χ1) is 18.7. The molecule has 2 atom stereocenters. The van der Waals surface area contributed by atoms with E-state index in [1.165, 1.54) is 7.11 Å². The molecule has 4 rings (SSSR count). The van der Waals surface area contributed by atoms with Gasteiger partial charge in [0.25, 0.3) is 0 Å². The molecular weight excluding hydrogens is 631 g/mol. The molecule has 0 bridgehead atoms. The molecule has 1 aliphatic rings. The van der Waals surface area contributed by atoms with E-state index in [1.54, 1.807) is 18.2 Å². The summed E-state index contributed by atoms with van der Waals surface area (Å²) in [5, 5.41) is 30.3. The van der Waals surface area contributed by atoms with Crippen LogP contribution < -0.4 is 9.47 Å². The molecular formula is C30H31IO7S. The van der Waals surface area contributed by atoms with Crippen LogP contribution in [0.15, 0.2) is 83.9 Å². The van der Waals surface area contributed by atoms with Crippen molar-refractivity contribution in [2.75, 3.05) is 26.1 Å². The van der Waals surface area contributed by atoms with Gasteiger partial charge in [-0.2, -0.15) is 0 Å². The maximum absolute atomic E-state index is 12.8. The van der Waals surface area contributed by atoms with Gasteiger partial charge in [0.1, 0.15) is 17.6 Å². The summed E-state index contributed by atoms with van der Waals surface area (Å²) in [4.78, 5) is 0. The normalized spacial score (nSPS) is 17.7. The minimum atomic E-state index is -3.66. The Morgan fingerprint density at radius 2 is 1.77 bits per heavy atom. The van der Waals surface area contributed by atoms with E-state index in [2.05, 4.69) is 0 Å². The van der Waals surface area contributed by atoms with Crippen LogP contribution in [0.2, 0.25) is 0 Å². The first-order valence-electron chi connectivity index (χ1n) is 12.5. The number of allylic oxidation sites excluding steroid dienone is 1. The van der Waals surface area contributed by atoms with Crippen molar-refractivity contribution >= 4 is 44.1 Å². The highest BCUT2D eigenvalue weighted by Crippen LogP contribution is 2.36. The number of ether oxygens (including phenoxy) is 2. The zero-order valence-electron chi connectivity index (χ0n) is 21.5. The molecule has 0 amide bonds. The van der Waals surface area contributed by atoms with Gasteiger partial charge in [-0.3, -0.25) is 0 Å². The number of phenolic OH excluding ortho intramolecular Hbond substituents is 1. The van der Waals surface area contributed by atoms with E-state index >= 15 is 0 Å². The van der Waals surface area contributed by atoms with Gasteiger partial charge in [0.2, 0.25) is 0 Å². The predicted molar refractivity (Wildman–Crippen MR) is 161 cm³/mol. The zero-order valence-corrected chi connectivity index (χ0v) is 24.4. The summed E-state index contributed by atoms with van der Waals surface area (Å²) in [5.41, 5.74) is 3.48. The summed E-state index contributed by atoms with van der Waals surface area (Å²) in [6, 6.07) is 22.3. The lowest BCUT2D eigenvalue weighted by atomic mass is 9.92. The number of aliphatic hydroxyl groups is 2. The number of sulfone groups is 1. The number of phenols is 1. The van der Waals surface area contributed by atoms with Crippen molar-refractivity contribution < 1.29 is 33.2 Å². The van der Waals surface area contributed by atoms with E-state index in [-0.39, 0.29) is 24.5 Å². The minimum absolute atomic E-state index is 0.0132. The monoisotopic (exact) mass is 662 g/mol. The number of aromatic hydroxyl groups is 1. The zero-order chi connectivity index (χ0) is 28.0. The minimum Gasteiger partial charge on any atom is -0.504 e. The molecule has 1 heterocycles. The van der Waals surface area contributed by atoms with Crippen LogP contribution >= 0.6 is 22.6 Å². The highest BCUT2D eigenvalue weighted by Gasteiger charge is 2.41. The number of rotatable bonds is 11. The number of hydrogen-bond acceptors (Lipinski definition) is 7. The third-order valence-electron chi connectivity index (χ3n) is 6.69. The Balaban J connectivity index is 1.62. The van der Waals surface area contributed by atoms with Crippen LogP contribution in [-0.4, -0.2) is 61.2 Å². The molecule has 3 N–H and O–H groups in total. The highest BCUT2D eigenvalue weighted by atomic mass is 127. The van der Waals surface area contributed by atoms with Crippen molar-refractivity contribution in [1.29, 1.82) is 0 Å². The molecule has 0 aromatic heterocycles. The van der Waals surface area contributed by atoms with Crippen LogP contribution in [0.1, 0.15) is 24.0 Å². The van der Waals surface area contributed by atoms with E-state index in [4.69, 9.17) is 9.47 Å². The lowest BCUT2D eigenvalue weighted by Crippen LogP contribution is -2.29. The quantitative estimate of drug-likeness (QED) is 0.153. The van der Waals surface area contributed by atoms with Crippen molar-refractivity contribution in [1.82, 2.24) is 0 Å². The number of benzene rings is 3. The van der Waals surface area contributed by atoms with Crippen molar-refractivity contribution in [3.63, 3.8) is 0 Å². The lowest BCUT2D eigenvalue weighted by Gasteiger charge is -2.20. The van der Waals surface area contributed by atoms with Crippen molar-refractivity contribution in [3.8, 4) is 17.2 Å². The van der Waals surface area contributed by atoms with Crippen LogP contribution in [0.5, 0.6) is 17.2 Å². The molecule has 0 spiro atoms. The van der Waals surface area contributed by atoms with Crippen molar-refractivity contribution in [2.24, 2.45) is 0 Å². The van der Waals surface area contributed by atoms with Gasteiger partial charge in [-0.1, -0.05) is 54.6 Å². The van der Waals surface area contributed by atoms with Crippen molar-refractivity contribution in [2.45, 2.75) is 24.2 Å². The number of halogens is 1. The molecule has 1 aliphatic heterocycles. The summed E-state index contributed by atoms with van der Waals surface area (Å²) in [5.74, 6) is 0.763. The fourth-order valence-electron chi connectivity index (χ4n) is 4.76. The van der Waals surface area contributed by atoms with Crippen LogP contribution in [0.25, 0.3) is 11.6 Å². The molecule has 9 heteroatoms. The van der Waals surface area contributed by atoms with Gasteiger partial charge in [0, 0.05) is 0 Å². The molecule has 0 unspecified atom stereocenters. The topological polar surface area (TPSA) is 113 Å². The summed E-state index contributed by atoms with van der Waals surface area (Å²) in [7, 11) is -2.16. The molecule has 0 radical (unpaired) electrons. The molecule has 206 valence electrons. The van der Waals surface area contributed by atoms with Gasteiger partial charge < -0.3 is 24.8 Å². The third-order valence-corrected chi connectivity index (χ3v) is 9.53. The second-order valence-corrected chi connectivity index (χ2v) is 12.6. The van der Waals surface area contributed by atoms with Crippen LogP contribution in [-0.2, 0) is 9.84 Å².